The van der Waals surface area contributed by atoms with E-state index in [0.29, 0.717) is 29.8 Å². The van der Waals surface area contributed by atoms with Gasteiger partial charge in [0, 0.05) is 62.0 Å². The molecule has 1 atom stereocenters. The molecule has 1 fully saturated rings. The molecule has 0 radical (unpaired) electrons. The van der Waals surface area contributed by atoms with E-state index in [-0.39, 0.29) is 29.7 Å². The fourth-order valence-electron chi connectivity index (χ4n) is 4.38. The van der Waals surface area contributed by atoms with Gasteiger partial charge in [-0.25, -0.2) is 4.39 Å². The number of nitriles is 1. The van der Waals surface area contributed by atoms with Crippen molar-refractivity contribution >= 4 is 23.2 Å². The highest BCUT2D eigenvalue weighted by Crippen LogP contribution is 2.29. The van der Waals surface area contributed by atoms with Crippen LogP contribution in [0.25, 0.3) is 0 Å². The highest BCUT2D eigenvalue weighted by molar-refractivity contribution is 5.88. The Morgan fingerprint density at radius 2 is 1.91 bits per heavy atom. The third kappa shape index (κ3) is 6.53. The zero-order chi connectivity index (χ0) is 24.0. The van der Waals surface area contributed by atoms with E-state index in [1.54, 1.807) is 6.07 Å². The van der Waals surface area contributed by atoms with Crippen molar-refractivity contribution in [3.63, 3.8) is 0 Å². The summed E-state index contributed by atoms with van der Waals surface area (Å²) >= 11 is 0. The van der Waals surface area contributed by atoms with E-state index in [9.17, 15) is 19.2 Å². The number of hydrogen-bond acceptors (Lipinski definition) is 5. The lowest BCUT2D eigenvalue weighted by molar-refractivity contribution is -0.119. The first-order valence-corrected chi connectivity index (χ1v) is 11.1. The molecule has 174 valence electrons. The summed E-state index contributed by atoms with van der Waals surface area (Å²) in [5, 5.41) is 12.0. The SMILES string of the molecule is CC(=O)Nc1ccc(N(Cc2cc(C#N)ccc2F)C2CCN(C(C)CC(N)=O)CC2)cc1. The fourth-order valence-corrected chi connectivity index (χ4v) is 4.38. The molecule has 1 aliphatic heterocycles. The molecule has 3 rings (SSSR count). The zero-order valence-corrected chi connectivity index (χ0v) is 19.1. The van der Waals surface area contributed by atoms with Gasteiger partial charge in [-0.1, -0.05) is 0 Å². The molecule has 0 bridgehead atoms. The Balaban J connectivity index is 1.83. The van der Waals surface area contributed by atoms with Crippen molar-refractivity contribution in [1.29, 1.82) is 5.26 Å². The lowest BCUT2D eigenvalue weighted by Gasteiger charge is -2.41. The van der Waals surface area contributed by atoms with E-state index >= 15 is 0 Å². The first-order chi connectivity index (χ1) is 15.8. The third-order valence-corrected chi connectivity index (χ3v) is 6.09. The lowest BCUT2D eigenvalue weighted by Crippen LogP contribution is -2.48. The average molecular weight is 452 g/mol. The molecule has 1 unspecified atom stereocenters. The molecule has 1 aliphatic rings. The molecular weight excluding hydrogens is 421 g/mol. The van der Waals surface area contributed by atoms with Crippen molar-refractivity contribution in [2.24, 2.45) is 5.73 Å². The number of primary amides is 1. The highest BCUT2D eigenvalue weighted by atomic mass is 19.1. The minimum absolute atomic E-state index is 0.0820. The Bertz CT molecular complexity index is 1030. The van der Waals surface area contributed by atoms with Crippen LogP contribution in [-0.4, -0.2) is 41.9 Å². The van der Waals surface area contributed by atoms with Crippen LogP contribution in [0.3, 0.4) is 0 Å². The summed E-state index contributed by atoms with van der Waals surface area (Å²) in [6.45, 7) is 5.40. The first kappa shape index (κ1) is 24.2. The molecule has 0 spiro atoms. The molecule has 33 heavy (non-hydrogen) atoms. The van der Waals surface area contributed by atoms with Gasteiger partial charge in [0.1, 0.15) is 5.82 Å². The summed E-state index contributed by atoms with van der Waals surface area (Å²) in [4.78, 5) is 27.1. The predicted molar refractivity (Wildman–Crippen MR) is 126 cm³/mol. The van der Waals surface area contributed by atoms with Gasteiger partial charge in [-0.2, -0.15) is 5.26 Å². The van der Waals surface area contributed by atoms with E-state index in [2.05, 4.69) is 21.2 Å². The standard InChI is InChI=1S/C25H30FN5O2/c1-17(13-25(28)33)30-11-9-23(10-12-30)31(16-20-14-19(15-27)3-8-24(20)26)22-6-4-21(5-7-22)29-18(2)32/h3-8,14,17,23H,9-13,16H2,1-2H3,(H2,28,33)(H,29,32). The topological polar surface area (TPSA) is 102 Å². The van der Waals surface area contributed by atoms with Gasteiger partial charge in [-0.3, -0.25) is 14.5 Å². The van der Waals surface area contributed by atoms with E-state index < -0.39 is 0 Å². The van der Waals surface area contributed by atoms with Gasteiger partial charge < -0.3 is 16.0 Å². The van der Waals surface area contributed by atoms with Crippen LogP contribution in [-0.2, 0) is 16.1 Å². The quantitative estimate of drug-likeness (QED) is 0.641. The second kappa shape index (κ2) is 10.9. The van der Waals surface area contributed by atoms with Crippen LogP contribution < -0.4 is 16.0 Å². The molecule has 1 saturated heterocycles. The van der Waals surface area contributed by atoms with Gasteiger partial charge in [0.2, 0.25) is 11.8 Å². The number of nitrogens with zero attached hydrogens (tertiary/aromatic N) is 3. The number of hydrogen-bond donors (Lipinski definition) is 2. The van der Waals surface area contributed by atoms with E-state index in [1.165, 1.54) is 19.1 Å². The number of halogens is 1. The number of amides is 2. The average Bonchev–Trinajstić information content (AvgIpc) is 2.78. The van der Waals surface area contributed by atoms with Gasteiger partial charge in [-0.15, -0.1) is 0 Å². The van der Waals surface area contributed by atoms with Crippen LogP contribution in [0.2, 0.25) is 0 Å². The minimum atomic E-state index is -0.346. The van der Waals surface area contributed by atoms with Crippen molar-refractivity contribution in [2.45, 2.75) is 51.7 Å². The van der Waals surface area contributed by atoms with E-state index in [4.69, 9.17) is 5.73 Å². The molecular formula is C25H30FN5O2. The number of benzene rings is 2. The number of piperidine rings is 1. The second-order valence-electron chi connectivity index (χ2n) is 8.56. The van der Waals surface area contributed by atoms with Crippen molar-refractivity contribution in [3.8, 4) is 6.07 Å². The highest BCUT2D eigenvalue weighted by Gasteiger charge is 2.28. The number of likely N-dealkylation sites (tertiary alicyclic amines) is 1. The molecule has 0 saturated carbocycles. The number of carbonyl (C=O) groups is 2. The van der Waals surface area contributed by atoms with Gasteiger partial charge >= 0.3 is 0 Å². The Morgan fingerprint density at radius 3 is 2.48 bits per heavy atom. The molecule has 3 N–H and O–H groups in total. The number of carbonyl (C=O) groups excluding carboxylic acids is 2. The number of anilines is 2. The van der Waals surface area contributed by atoms with Crippen molar-refractivity contribution in [1.82, 2.24) is 4.90 Å². The molecule has 2 amide bonds. The Hall–Kier alpha value is -3.44. The van der Waals surface area contributed by atoms with E-state index in [1.807, 2.05) is 31.2 Å². The molecule has 2 aromatic rings. The Labute approximate surface area is 194 Å². The summed E-state index contributed by atoms with van der Waals surface area (Å²) in [5.41, 5.74) is 7.85. The monoisotopic (exact) mass is 451 g/mol. The summed E-state index contributed by atoms with van der Waals surface area (Å²) in [5.74, 6) is -0.799. The van der Waals surface area contributed by atoms with E-state index in [0.717, 1.165) is 31.6 Å². The molecule has 1 heterocycles. The van der Waals surface area contributed by atoms with Gasteiger partial charge in [0.25, 0.3) is 0 Å². The van der Waals surface area contributed by atoms with Crippen LogP contribution in [0.4, 0.5) is 15.8 Å². The van der Waals surface area contributed by atoms with Crippen LogP contribution in [0.15, 0.2) is 42.5 Å². The largest absolute Gasteiger partial charge is 0.370 e. The molecule has 0 aromatic heterocycles. The fraction of sp³-hybridized carbons (Fsp3) is 0.400. The number of rotatable bonds is 8. The van der Waals surface area contributed by atoms with Crippen molar-refractivity contribution in [2.75, 3.05) is 23.3 Å². The summed E-state index contributed by atoms with van der Waals surface area (Å²) in [6.07, 6.45) is 2.01. The number of nitrogens with one attached hydrogen (secondary N) is 1. The van der Waals surface area contributed by atoms with Gasteiger partial charge in [-0.05, 0) is 62.2 Å². The third-order valence-electron chi connectivity index (χ3n) is 6.09. The maximum absolute atomic E-state index is 14.6. The normalized spacial score (nSPS) is 15.5. The molecule has 7 nitrogen and oxygen atoms in total. The van der Waals surface area contributed by atoms with Crippen molar-refractivity contribution < 1.29 is 14.0 Å². The van der Waals surface area contributed by atoms with Crippen LogP contribution in [0.5, 0.6) is 0 Å². The second-order valence-corrected chi connectivity index (χ2v) is 8.56. The molecule has 0 aliphatic carbocycles. The molecule has 2 aromatic carbocycles. The predicted octanol–water partition coefficient (Wildman–Crippen LogP) is 3.39. The van der Waals surface area contributed by atoms with Crippen LogP contribution in [0, 0.1) is 17.1 Å². The Morgan fingerprint density at radius 1 is 1.24 bits per heavy atom. The zero-order valence-electron chi connectivity index (χ0n) is 19.1. The lowest BCUT2D eigenvalue weighted by atomic mass is 9.98. The minimum Gasteiger partial charge on any atom is -0.370 e. The van der Waals surface area contributed by atoms with Crippen molar-refractivity contribution in [3.05, 3.63) is 59.4 Å². The van der Waals surface area contributed by atoms with Crippen LogP contribution in [0.1, 0.15) is 44.2 Å². The van der Waals surface area contributed by atoms with Gasteiger partial charge in [0.15, 0.2) is 0 Å². The summed E-state index contributed by atoms with van der Waals surface area (Å²) in [7, 11) is 0. The summed E-state index contributed by atoms with van der Waals surface area (Å²) in [6, 6.07) is 14.2. The molecule has 8 heteroatoms. The first-order valence-electron chi connectivity index (χ1n) is 11.1. The summed E-state index contributed by atoms with van der Waals surface area (Å²) < 4.78 is 14.6. The number of nitrogens with two attached hydrogens (primary N) is 1. The van der Waals surface area contributed by atoms with Gasteiger partial charge in [0.05, 0.1) is 11.6 Å². The maximum Gasteiger partial charge on any atom is 0.221 e. The Kier molecular flexibility index (Phi) is 8.01. The van der Waals surface area contributed by atoms with Crippen LogP contribution >= 0.6 is 0 Å². The maximum atomic E-state index is 14.6. The smallest absolute Gasteiger partial charge is 0.221 e.